The first-order valence-electron chi connectivity index (χ1n) is 3.86. The molecule has 0 aliphatic rings. The average molecular weight is 175 g/mol. The molecular weight excluding hydrogens is 158 g/mol. The van der Waals surface area contributed by atoms with Crippen LogP contribution in [0.15, 0.2) is 0 Å². The molecular formula is C8H17NO3. The van der Waals surface area contributed by atoms with Gasteiger partial charge in [0.05, 0.1) is 0 Å². The van der Waals surface area contributed by atoms with Gasteiger partial charge in [-0.15, -0.1) is 0 Å². The number of carbonyl (C=O) groups excluding carboxylic acids is 1. The summed E-state index contributed by atoms with van der Waals surface area (Å²) in [6.07, 6.45) is -0.649. The zero-order valence-corrected chi connectivity index (χ0v) is 8.09. The van der Waals surface area contributed by atoms with Crippen LogP contribution in [0.25, 0.3) is 0 Å². The number of methoxy groups -OCH3 is 1. The van der Waals surface area contributed by atoms with Crippen molar-refractivity contribution in [1.82, 2.24) is 0 Å². The lowest BCUT2D eigenvalue weighted by Gasteiger charge is -2.22. The van der Waals surface area contributed by atoms with E-state index in [0.717, 1.165) is 0 Å². The summed E-state index contributed by atoms with van der Waals surface area (Å²) >= 11 is 0. The van der Waals surface area contributed by atoms with Gasteiger partial charge in [0.1, 0.15) is 5.60 Å². The van der Waals surface area contributed by atoms with E-state index in [4.69, 9.17) is 15.2 Å². The highest BCUT2D eigenvalue weighted by Crippen LogP contribution is 2.08. The van der Waals surface area contributed by atoms with Crippen LogP contribution in [0.2, 0.25) is 0 Å². The summed E-state index contributed by atoms with van der Waals surface area (Å²) in [4.78, 5) is 11.2. The first-order valence-corrected chi connectivity index (χ1v) is 3.86. The number of carbonyl (C=O) groups is 1. The molecule has 0 rings (SSSR count). The Balaban J connectivity index is 4.02. The van der Waals surface area contributed by atoms with Crippen LogP contribution in [0.3, 0.4) is 0 Å². The first-order chi connectivity index (χ1) is 5.40. The monoisotopic (exact) mass is 175 g/mol. The van der Waals surface area contributed by atoms with Crippen molar-refractivity contribution in [2.75, 3.05) is 13.7 Å². The summed E-state index contributed by atoms with van der Waals surface area (Å²) in [5.74, 6) is -0.410. The van der Waals surface area contributed by atoms with Gasteiger partial charge in [-0.3, -0.25) is 0 Å². The highest BCUT2D eigenvalue weighted by Gasteiger charge is 2.23. The molecule has 4 nitrogen and oxygen atoms in total. The number of hydrogen-bond donors (Lipinski definition) is 1. The van der Waals surface area contributed by atoms with E-state index < -0.39 is 17.7 Å². The Bertz CT molecular complexity index is 147. The molecule has 0 heterocycles. The standard InChI is InChI=1S/C8H17NO3/c1-8(2,3)12-7(10)6(5-9)11-4/h6H,5,9H2,1-4H3/t6-/m0/s1. The third-order valence-corrected chi connectivity index (χ3v) is 1.17. The molecule has 12 heavy (non-hydrogen) atoms. The van der Waals surface area contributed by atoms with Gasteiger partial charge >= 0.3 is 5.97 Å². The Morgan fingerprint density at radius 2 is 2.00 bits per heavy atom. The van der Waals surface area contributed by atoms with Crippen LogP contribution in [0.5, 0.6) is 0 Å². The van der Waals surface area contributed by atoms with E-state index in [9.17, 15) is 4.79 Å². The van der Waals surface area contributed by atoms with Crippen molar-refractivity contribution < 1.29 is 14.3 Å². The van der Waals surface area contributed by atoms with Gasteiger partial charge < -0.3 is 15.2 Å². The van der Waals surface area contributed by atoms with Crippen LogP contribution in [0.1, 0.15) is 20.8 Å². The quantitative estimate of drug-likeness (QED) is 0.627. The summed E-state index contributed by atoms with van der Waals surface area (Å²) in [6, 6.07) is 0. The van der Waals surface area contributed by atoms with Crippen LogP contribution in [0.4, 0.5) is 0 Å². The maximum absolute atomic E-state index is 11.2. The van der Waals surface area contributed by atoms with Crippen molar-refractivity contribution in [3.05, 3.63) is 0 Å². The molecule has 0 fully saturated rings. The normalized spacial score (nSPS) is 14.1. The van der Waals surface area contributed by atoms with E-state index in [0.29, 0.717) is 0 Å². The van der Waals surface area contributed by atoms with Gasteiger partial charge in [0.2, 0.25) is 0 Å². The predicted molar refractivity (Wildman–Crippen MR) is 45.7 cm³/mol. The van der Waals surface area contributed by atoms with E-state index in [2.05, 4.69) is 0 Å². The molecule has 0 saturated heterocycles. The molecule has 0 aromatic heterocycles. The Morgan fingerprint density at radius 3 is 2.25 bits per heavy atom. The SMILES string of the molecule is CO[C@@H](CN)C(=O)OC(C)(C)C. The van der Waals surface area contributed by atoms with Crippen molar-refractivity contribution in [3.63, 3.8) is 0 Å². The molecule has 0 radical (unpaired) electrons. The van der Waals surface area contributed by atoms with Gasteiger partial charge in [-0.05, 0) is 20.8 Å². The lowest BCUT2D eigenvalue weighted by molar-refractivity contribution is -0.166. The second kappa shape index (κ2) is 4.42. The molecule has 0 saturated carbocycles. The smallest absolute Gasteiger partial charge is 0.337 e. The van der Waals surface area contributed by atoms with Gasteiger partial charge in [0.15, 0.2) is 6.10 Å². The van der Waals surface area contributed by atoms with Crippen LogP contribution < -0.4 is 5.73 Å². The fourth-order valence-electron chi connectivity index (χ4n) is 0.656. The minimum atomic E-state index is -0.649. The number of nitrogens with two attached hydrogens (primary N) is 1. The van der Waals surface area contributed by atoms with Crippen LogP contribution in [0, 0.1) is 0 Å². The number of hydrogen-bond acceptors (Lipinski definition) is 4. The molecule has 0 aromatic rings. The minimum absolute atomic E-state index is 0.144. The molecule has 2 N–H and O–H groups in total. The molecule has 72 valence electrons. The van der Waals surface area contributed by atoms with Gasteiger partial charge in [-0.1, -0.05) is 0 Å². The summed E-state index contributed by atoms with van der Waals surface area (Å²) < 4.78 is 9.85. The zero-order chi connectivity index (χ0) is 9.78. The summed E-state index contributed by atoms with van der Waals surface area (Å²) in [6.45, 7) is 5.54. The number of rotatable bonds is 3. The molecule has 0 spiro atoms. The third kappa shape index (κ3) is 4.31. The number of ether oxygens (including phenoxy) is 2. The van der Waals surface area contributed by atoms with E-state index in [1.165, 1.54) is 7.11 Å². The zero-order valence-electron chi connectivity index (χ0n) is 8.09. The molecule has 4 heteroatoms. The van der Waals surface area contributed by atoms with Crippen molar-refractivity contribution in [2.45, 2.75) is 32.5 Å². The fraction of sp³-hybridized carbons (Fsp3) is 0.875. The molecule has 0 unspecified atom stereocenters. The molecule has 0 aliphatic carbocycles. The highest BCUT2D eigenvalue weighted by molar-refractivity contribution is 5.75. The second-order valence-corrected chi connectivity index (χ2v) is 3.49. The summed E-state index contributed by atoms with van der Waals surface area (Å²) in [5, 5.41) is 0. The topological polar surface area (TPSA) is 61.5 Å². The third-order valence-electron chi connectivity index (χ3n) is 1.17. The van der Waals surface area contributed by atoms with Crippen LogP contribution >= 0.6 is 0 Å². The maximum Gasteiger partial charge on any atom is 0.337 e. The Hall–Kier alpha value is -0.610. The van der Waals surface area contributed by atoms with Crippen molar-refractivity contribution in [3.8, 4) is 0 Å². The molecule has 0 bridgehead atoms. The Morgan fingerprint density at radius 1 is 1.50 bits per heavy atom. The van der Waals surface area contributed by atoms with Crippen LogP contribution in [-0.4, -0.2) is 31.3 Å². The van der Waals surface area contributed by atoms with Crippen LogP contribution in [-0.2, 0) is 14.3 Å². The molecule has 1 atom stereocenters. The average Bonchev–Trinajstić information content (AvgIpc) is 1.85. The summed E-state index contributed by atoms with van der Waals surface area (Å²) in [7, 11) is 1.43. The van der Waals surface area contributed by atoms with Crippen molar-refractivity contribution in [2.24, 2.45) is 5.73 Å². The van der Waals surface area contributed by atoms with Crippen molar-refractivity contribution >= 4 is 5.97 Å². The van der Waals surface area contributed by atoms with Crippen molar-refractivity contribution in [1.29, 1.82) is 0 Å². The van der Waals surface area contributed by atoms with E-state index >= 15 is 0 Å². The maximum atomic E-state index is 11.2. The van der Waals surface area contributed by atoms with E-state index in [1.54, 1.807) is 20.8 Å². The lowest BCUT2D eigenvalue weighted by Crippen LogP contribution is -2.37. The minimum Gasteiger partial charge on any atom is -0.458 e. The fourth-order valence-corrected chi connectivity index (χ4v) is 0.656. The Labute approximate surface area is 73.0 Å². The van der Waals surface area contributed by atoms with Gasteiger partial charge in [-0.2, -0.15) is 0 Å². The predicted octanol–water partition coefficient (Wildman–Crippen LogP) is 0.302. The Kier molecular flexibility index (Phi) is 4.20. The lowest BCUT2D eigenvalue weighted by atomic mass is 10.2. The molecule has 0 aromatic carbocycles. The molecule has 0 amide bonds. The van der Waals surface area contributed by atoms with E-state index in [-0.39, 0.29) is 6.54 Å². The highest BCUT2D eigenvalue weighted by atomic mass is 16.6. The largest absolute Gasteiger partial charge is 0.458 e. The number of esters is 1. The second-order valence-electron chi connectivity index (χ2n) is 3.49. The first kappa shape index (κ1) is 11.4. The van der Waals surface area contributed by atoms with Gasteiger partial charge in [-0.25, -0.2) is 4.79 Å². The van der Waals surface area contributed by atoms with Gasteiger partial charge in [0, 0.05) is 13.7 Å². The summed E-state index contributed by atoms with van der Waals surface area (Å²) in [5.41, 5.74) is 4.79. The van der Waals surface area contributed by atoms with E-state index in [1.807, 2.05) is 0 Å². The van der Waals surface area contributed by atoms with Gasteiger partial charge in [0.25, 0.3) is 0 Å². The molecule has 0 aliphatic heterocycles.